The Hall–Kier alpha value is -0.0200. The number of rotatable bonds is 1. The van der Waals surface area contributed by atoms with E-state index in [-0.39, 0.29) is 0 Å². The Kier molecular flexibility index (Phi) is 3.50. The van der Waals surface area contributed by atoms with E-state index in [0.717, 1.165) is 25.4 Å². The summed E-state index contributed by atoms with van der Waals surface area (Å²) in [7, 11) is 0. The number of piperidine rings is 1. The lowest BCUT2D eigenvalue weighted by molar-refractivity contribution is -0.123. The monoisotopic (exact) mass is 213 g/mol. The van der Waals surface area contributed by atoms with Gasteiger partial charge in [0, 0.05) is 37.2 Å². The highest BCUT2D eigenvalue weighted by molar-refractivity contribution is 7.99. The van der Waals surface area contributed by atoms with E-state index in [2.05, 4.69) is 23.6 Å². The molecule has 0 aliphatic carbocycles. The molecule has 0 aromatic carbocycles. The molecule has 0 bridgehead atoms. The van der Waals surface area contributed by atoms with Crippen LogP contribution in [0.1, 0.15) is 32.6 Å². The van der Waals surface area contributed by atoms with Crippen LogP contribution in [-0.2, 0) is 4.79 Å². The topological polar surface area (TPSA) is 20.3 Å². The maximum absolute atomic E-state index is 11.3. The van der Waals surface area contributed by atoms with Crippen LogP contribution < -0.4 is 0 Å². The first-order valence-corrected chi connectivity index (χ1v) is 6.78. The zero-order chi connectivity index (χ0) is 9.97. The van der Waals surface area contributed by atoms with Crippen molar-refractivity contribution in [3.63, 3.8) is 0 Å². The fourth-order valence-electron chi connectivity index (χ4n) is 2.55. The molecule has 2 aliphatic rings. The molecule has 2 aliphatic heterocycles. The molecular formula is C11H19NOS. The highest BCUT2D eigenvalue weighted by Gasteiger charge is 2.29. The number of carbonyl (C=O) groups is 1. The van der Waals surface area contributed by atoms with Gasteiger partial charge in [0.15, 0.2) is 0 Å². The summed E-state index contributed by atoms with van der Waals surface area (Å²) >= 11 is 2.07. The van der Waals surface area contributed by atoms with E-state index in [9.17, 15) is 4.79 Å². The Morgan fingerprint density at radius 3 is 3.00 bits per heavy atom. The fourth-order valence-corrected chi connectivity index (χ4v) is 3.72. The van der Waals surface area contributed by atoms with Crippen molar-refractivity contribution in [2.24, 2.45) is 0 Å². The minimum absolute atomic E-state index is 0.456. The molecule has 0 radical (unpaired) electrons. The number of thioether (sulfide) groups is 1. The van der Waals surface area contributed by atoms with Crippen LogP contribution in [0.4, 0.5) is 0 Å². The summed E-state index contributed by atoms with van der Waals surface area (Å²) in [4.78, 5) is 13.8. The van der Waals surface area contributed by atoms with E-state index in [1.165, 1.54) is 24.3 Å². The van der Waals surface area contributed by atoms with Gasteiger partial charge in [-0.3, -0.25) is 9.69 Å². The Balaban J connectivity index is 1.92. The molecule has 2 saturated heterocycles. The van der Waals surface area contributed by atoms with E-state index in [1.807, 2.05) is 0 Å². The van der Waals surface area contributed by atoms with Gasteiger partial charge in [-0.1, -0.05) is 0 Å². The molecule has 0 aromatic rings. The summed E-state index contributed by atoms with van der Waals surface area (Å²) in [5.74, 6) is 3.06. The first kappa shape index (κ1) is 10.5. The quantitative estimate of drug-likeness (QED) is 0.664. The number of likely N-dealkylation sites (tertiary alicyclic amines) is 1. The van der Waals surface area contributed by atoms with Gasteiger partial charge >= 0.3 is 0 Å². The number of carbonyl (C=O) groups excluding carboxylic acids is 1. The zero-order valence-corrected chi connectivity index (χ0v) is 9.68. The number of nitrogens with zero attached hydrogens (tertiary/aromatic N) is 1. The predicted molar refractivity (Wildman–Crippen MR) is 60.8 cm³/mol. The third-order valence-electron chi connectivity index (χ3n) is 3.34. The average molecular weight is 213 g/mol. The van der Waals surface area contributed by atoms with Crippen molar-refractivity contribution in [2.45, 2.75) is 44.7 Å². The molecule has 2 heterocycles. The molecule has 0 N–H and O–H groups in total. The minimum Gasteiger partial charge on any atom is -0.300 e. The van der Waals surface area contributed by atoms with Gasteiger partial charge in [0.05, 0.1) is 0 Å². The maximum Gasteiger partial charge on any atom is 0.135 e. The van der Waals surface area contributed by atoms with E-state index in [0.29, 0.717) is 11.8 Å². The van der Waals surface area contributed by atoms with Gasteiger partial charge in [0.25, 0.3) is 0 Å². The van der Waals surface area contributed by atoms with Gasteiger partial charge in [-0.05, 0) is 25.5 Å². The highest BCUT2D eigenvalue weighted by atomic mass is 32.2. The molecule has 80 valence electrons. The molecule has 0 spiro atoms. The Labute approximate surface area is 90.4 Å². The first-order chi connectivity index (χ1) is 6.77. The average Bonchev–Trinajstić information content (AvgIpc) is 2.19. The molecule has 14 heavy (non-hydrogen) atoms. The standard InChI is InChI=1S/C11H19NOS/c1-9-7-11(13)4-5-12(9)10-3-2-6-14-8-10/h9-10H,2-8H2,1H3. The summed E-state index contributed by atoms with van der Waals surface area (Å²) in [5, 5.41) is 0. The largest absolute Gasteiger partial charge is 0.300 e. The van der Waals surface area contributed by atoms with Gasteiger partial charge in [-0.25, -0.2) is 0 Å². The van der Waals surface area contributed by atoms with Crippen LogP contribution >= 0.6 is 11.8 Å². The number of hydrogen-bond donors (Lipinski definition) is 0. The van der Waals surface area contributed by atoms with E-state index < -0.39 is 0 Å². The second-order valence-corrected chi connectivity index (χ2v) is 5.60. The van der Waals surface area contributed by atoms with Gasteiger partial charge < -0.3 is 0 Å². The van der Waals surface area contributed by atoms with E-state index in [4.69, 9.17) is 0 Å². The number of hydrogen-bond acceptors (Lipinski definition) is 3. The molecule has 3 heteroatoms. The molecule has 2 fully saturated rings. The van der Waals surface area contributed by atoms with Crippen molar-refractivity contribution in [3.05, 3.63) is 0 Å². The third kappa shape index (κ3) is 2.31. The van der Waals surface area contributed by atoms with Gasteiger partial charge in [-0.2, -0.15) is 11.8 Å². The summed E-state index contributed by atoms with van der Waals surface area (Å²) < 4.78 is 0. The Bertz CT molecular complexity index is 213. The second kappa shape index (κ2) is 4.67. The van der Waals surface area contributed by atoms with Crippen molar-refractivity contribution in [1.82, 2.24) is 4.90 Å². The van der Waals surface area contributed by atoms with Crippen LogP contribution in [0.25, 0.3) is 0 Å². The summed E-state index contributed by atoms with van der Waals surface area (Å²) in [5.41, 5.74) is 0. The zero-order valence-electron chi connectivity index (χ0n) is 8.87. The number of ketones is 1. The van der Waals surface area contributed by atoms with Crippen LogP contribution in [0.2, 0.25) is 0 Å². The predicted octanol–water partition coefficient (Wildman–Crippen LogP) is 1.94. The van der Waals surface area contributed by atoms with Crippen LogP contribution in [0.3, 0.4) is 0 Å². The molecule has 2 unspecified atom stereocenters. The normalized spacial score (nSPS) is 35.9. The first-order valence-electron chi connectivity index (χ1n) is 5.62. The van der Waals surface area contributed by atoms with Crippen molar-refractivity contribution in [3.8, 4) is 0 Å². The molecule has 2 nitrogen and oxygen atoms in total. The van der Waals surface area contributed by atoms with Gasteiger partial charge in [-0.15, -0.1) is 0 Å². The Morgan fingerprint density at radius 2 is 2.36 bits per heavy atom. The second-order valence-electron chi connectivity index (χ2n) is 4.45. The molecular weight excluding hydrogens is 194 g/mol. The summed E-state index contributed by atoms with van der Waals surface area (Å²) in [6.45, 7) is 3.21. The summed E-state index contributed by atoms with van der Waals surface area (Å²) in [6, 6.07) is 1.23. The van der Waals surface area contributed by atoms with E-state index in [1.54, 1.807) is 0 Å². The lowest BCUT2D eigenvalue weighted by Crippen LogP contribution is -2.49. The summed E-state index contributed by atoms with van der Waals surface area (Å²) in [6.07, 6.45) is 4.25. The highest BCUT2D eigenvalue weighted by Crippen LogP contribution is 2.26. The van der Waals surface area contributed by atoms with Crippen molar-refractivity contribution in [1.29, 1.82) is 0 Å². The minimum atomic E-state index is 0.456. The number of Topliss-reactive ketones (excluding diaryl/α,β-unsaturated/α-hetero) is 1. The van der Waals surface area contributed by atoms with Gasteiger partial charge in [0.2, 0.25) is 0 Å². The lowest BCUT2D eigenvalue weighted by atomic mass is 9.99. The van der Waals surface area contributed by atoms with Crippen molar-refractivity contribution >= 4 is 17.5 Å². The van der Waals surface area contributed by atoms with E-state index >= 15 is 0 Å². The third-order valence-corrected chi connectivity index (χ3v) is 4.54. The van der Waals surface area contributed by atoms with Crippen LogP contribution in [-0.4, -0.2) is 40.8 Å². The van der Waals surface area contributed by atoms with Crippen LogP contribution in [0.5, 0.6) is 0 Å². The SMILES string of the molecule is CC1CC(=O)CCN1C1CCCSC1. The molecule has 2 rings (SSSR count). The van der Waals surface area contributed by atoms with Crippen molar-refractivity contribution < 1.29 is 4.79 Å². The molecule has 0 saturated carbocycles. The lowest BCUT2D eigenvalue weighted by Gasteiger charge is -2.40. The smallest absolute Gasteiger partial charge is 0.135 e. The maximum atomic E-state index is 11.3. The van der Waals surface area contributed by atoms with Crippen LogP contribution in [0.15, 0.2) is 0 Å². The molecule has 0 amide bonds. The molecule has 2 atom stereocenters. The fraction of sp³-hybridized carbons (Fsp3) is 0.909. The van der Waals surface area contributed by atoms with Crippen LogP contribution in [0, 0.1) is 0 Å². The van der Waals surface area contributed by atoms with Gasteiger partial charge in [0.1, 0.15) is 5.78 Å². The van der Waals surface area contributed by atoms with Crippen molar-refractivity contribution in [2.75, 3.05) is 18.1 Å². The molecule has 0 aromatic heterocycles. The Morgan fingerprint density at radius 1 is 1.50 bits per heavy atom.